The third kappa shape index (κ3) is 2.31. The largest absolute Gasteiger partial charge is 0.328 e. The second-order valence-corrected chi connectivity index (χ2v) is 6.08. The Morgan fingerprint density at radius 3 is 3.00 bits per heavy atom. The summed E-state index contributed by atoms with van der Waals surface area (Å²) in [4.78, 5) is 7.75. The van der Waals surface area contributed by atoms with Gasteiger partial charge < -0.3 is 4.98 Å². The smallest absolute Gasteiger partial charge is 0.271 e. The monoisotopic (exact) mass is 281 g/mol. The van der Waals surface area contributed by atoms with E-state index in [-0.39, 0.29) is 0 Å². The fourth-order valence-corrected chi connectivity index (χ4v) is 3.46. The molecule has 0 bridgehead atoms. The molecule has 0 amide bonds. The van der Waals surface area contributed by atoms with Crippen LogP contribution in [0.1, 0.15) is 0 Å². The Balaban J connectivity index is 1.89. The van der Waals surface area contributed by atoms with E-state index in [4.69, 9.17) is 0 Å². The standard InChI is InChI=1S/C10H9N4S3/c1-15-10-13-14(6-16-10)17-9-11-7-4-2-3-5-8(7)12-9/h2-6H,1H3,(H,11,12)/q+1. The second-order valence-electron chi connectivity index (χ2n) is 3.25. The molecule has 0 aliphatic carbocycles. The molecule has 0 aliphatic heterocycles. The van der Waals surface area contributed by atoms with Gasteiger partial charge >= 0.3 is 0 Å². The number of hydrogen-bond acceptors (Lipinski definition) is 5. The van der Waals surface area contributed by atoms with Crippen LogP contribution in [0.25, 0.3) is 11.0 Å². The Morgan fingerprint density at radius 2 is 2.24 bits per heavy atom. The minimum Gasteiger partial charge on any atom is -0.328 e. The van der Waals surface area contributed by atoms with Crippen molar-refractivity contribution in [2.75, 3.05) is 6.26 Å². The molecule has 17 heavy (non-hydrogen) atoms. The first-order valence-electron chi connectivity index (χ1n) is 4.90. The number of benzene rings is 1. The Bertz CT molecular complexity index is 613. The number of hydrogen-bond donors (Lipinski definition) is 1. The van der Waals surface area contributed by atoms with E-state index >= 15 is 0 Å². The van der Waals surface area contributed by atoms with Crippen molar-refractivity contribution in [3.63, 3.8) is 0 Å². The van der Waals surface area contributed by atoms with Gasteiger partial charge in [0, 0.05) is 9.19 Å². The van der Waals surface area contributed by atoms with Gasteiger partial charge in [0.1, 0.15) is 0 Å². The van der Waals surface area contributed by atoms with Crippen molar-refractivity contribution >= 4 is 46.1 Å². The van der Waals surface area contributed by atoms with Crippen LogP contribution in [0.5, 0.6) is 0 Å². The first-order chi connectivity index (χ1) is 8.35. The molecule has 0 unspecified atom stereocenters. The molecule has 1 N–H and O–H groups in total. The predicted molar refractivity (Wildman–Crippen MR) is 71.4 cm³/mol. The van der Waals surface area contributed by atoms with Crippen LogP contribution in [0.4, 0.5) is 0 Å². The third-order valence-corrected chi connectivity index (χ3v) is 4.83. The molecule has 0 aliphatic rings. The molecule has 7 heteroatoms. The Labute approximate surface area is 111 Å². The number of H-pyrrole nitrogens is 1. The lowest BCUT2D eigenvalue weighted by Crippen LogP contribution is -2.25. The van der Waals surface area contributed by atoms with E-state index in [0.717, 1.165) is 20.5 Å². The maximum Gasteiger partial charge on any atom is 0.271 e. The van der Waals surface area contributed by atoms with Crippen LogP contribution >= 0.6 is 35.0 Å². The number of rotatable bonds is 3. The van der Waals surface area contributed by atoms with E-state index in [1.54, 1.807) is 23.1 Å². The molecule has 2 aromatic heterocycles. The SMILES string of the molecule is CSc1n[n+](Sc2nc3ccccc3[nH]2)cs1. The van der Waals surface area contributed by atoms with Gasteiger partial charge in [0.25, 0.3) is 17.5 Å². The van der Waals surface area contributed by atoms with Crippen LogP contribution in [0.15, 0.2) is 39.3 Å². The predicted octanol–water partition coefficient (Wildman–Crippen LogP) is 2.58. The molecule has 3 aromatic rings. The lowest BCUT2D eigenvalue weighted by atomic mass is 10.3. The van der Waals surface area contributed by atoms with Crippen molar-refractivity contribution in [1.82, 2.24) is 15.1 Å². The average molecular weight is 281 g/mol. The third-order valence-electron chi connectivity index (χ3n) is 2.15. The minimum absolute atomic E-state index is 0.856. The summed E-state index contributed by atoms with van der Waals surface area (Å²) in [5, 5.41) is 5.25. The summed E-state index contributed by atoms with van der Waals surface area (Å²) in [6, 6.07) is 8.00. The molecule has 0 fully saturated rings. The Kier molecular flexibility index (Phi) is 3.04. The van der Waals surface area contributed by atoms with Crippen molar-refractivity contribution in [2.45, 2.75) is 9.50 Å². The zero-order chi connectivity index (χ0) is 11.7. The Morgan fingerprint density at radius 1 is 1.35 bits per heavy atom. The van der Waals surface area contributed by atoms with Gasteiger partial charge in [-0.05, 0) is 29.7 Å². The number of nitrogens with zero attached hydrogens (tertiary/aromatic N) is 3. The number of imidazole rings is 1. The molecule has 3 rings (SSSR count). The van der Waals surface area contributed by atoms with Crippen molar-refractivity contribution in [3.8, 4) is 0 Å². The molecule has 86 valence electrons. The first kappa shape index (κ1) is 11.1. The van der Waals surface area contributed by atoms with Gasteiger partial charge in [-0.25, -0.2) is 4.98 Å². The molecule has 2 heterocycles. The topological polar surface area (TPSA) is 45.5 Å². The van der Waals surface area contributed by atoms with Gasteiger partial charge in [0.05, 0.1) is 11.0 Å². The van der Waals surface area contributed by atoms with Crippen molar-refractivity contribution in [3.05, 3.63) is 29.8 Å². The molecule has 4 nitrogen and oxygen atoms in total. The van der Waals surface area contributed by atoms with Crippen LogP contribution in [0.3, 0.4) is 0 Å². The fraction of sp³-hybridized carbons (Fsp3) is 0.100. The van der Waals surface area contributed by atoms with E-state index in [9.17, 15) is 0 Å². The maximum atomic E-state index is 4.49. The summed E-state index contributed by atoms with van der Waals surface area (Å²) in [5.41, 5.74) is 4.01. The molecule has 0 saturated carbocycles. The van der Waals surface area contributed by atoms with Crippen molar-refractivity contribution in [2.24, 2.45) is 0 Å². The maximum absolute atomic E-state index is 4.49. The zero-order valence-electron chi connectivity index (χ0n) is 8.95. The van der Waals surface area contributed by atoms with Crippen LogP contribution in [-0.2, 0) is 0 Å². The summed E-state index contributed by atoms with van der Waals surface area (Å²) in [7, 11) is 0. The van der Waals surface area contributed by atoms with E-state index in [0.29, 0.717) is 0 Å². The van der Waals surface area contributed by atoms with Gasteiger partial charge in [-0.2, -0.15) is 0 Å². The van der Waals surface area contributed by atoms with E-state index < -0.39 is 0 Å². The average Bonchev–Trinajstić information content (AvgIpc) is 2.94. The molecule has 0 atom stereocenters. The summed E-state index contributed by atoms with van der Waals surface area (Å²) in [6.45, 7) is 0. The first-order valence-corrected chi connectivity index (χ1v) is 7.77. The number of thioether (sulfide) groups is 1. The Hall–Kier alpha value is -1.05. The fourth-order valence-electron chi connectivity index (χ4n) is 1.41. The van der Waals surface area contributed by atoms with Crippen LogP contribution < -0.4 is 4.09 Å². The van der Waals surface area contributed by atoms with Crippen LogP contribution in [-0.4, -0.2) is 21.3 Å². The molecular formula is C10H9N4S3+. The lowest BCUT2D eigenvalue weighted by molar-refractivity contribution is -0.562. The number of aromatic nitrogens is 4. The highest BCUT2D eigenvalue weighted by Crippen LogP contribution is 2.19. The van der Waals surface area contributed by atoms with Gasteiger partial charge in [0.2, 0.25) is 9.50 Å². The van der Waals surface area contributed by atoms with E-state index in [1.807, 2.05) is 40.1 Å². The second kappa shape index (κ2) is 4.67. The molecule has 0 spiro atoms. The van der Waals surface area contributed by atoms with Crippen LogP contribution in [0, 0.1) is 0 Å². The zero-order valence-corrected chi connectivity index (χ0v) is 11.4. The van der Waals surface area contributed by atoms with E-state index in [2.05, 4.69) is 15.1 Å². The highest BCUT2D eigenvalue weighted by Gasteiger charge is 2.15. The highest BCUT2D eigenvalue weighted by molar-refractivity contribution is 8.00. The van der Waals surface area contributed by atoms with Gasteiger partial charge in [0.15, 0.2) is 0 Å². The lowest BCUT2D eigenvalue weighted by Gasteiger charge is -1.81. The molecule has 1 aromatic carbocycles. The number of nitrogens with one attached hydrogen (secondary N) is 1. The van der Waals surface area contributed by atoms with Crippen molar-refractivity contribution < 1.29 is 4.09 Å². The summed E-state index contributed by atoms with van der Waals surface area (Å²) in [6.07, 6.45) is 2.02. The van der Waals surface area contributed by atoms with Gasteiger partial charge in [-0.3, -0.25) is 0 Å². The van der Waals surface area contributed by atoms with E-state index in [1.165, 1.54) is 11.9 Å². The normalized spacial score (nSPS) is 11.1. The molecule has 0 saturated heterocycles. The number of aromatic amines is 1. The van der Waals surface area contributed by atoms with Crippen LogP contribution in [0.2, 0.25) is 0 Å². The molecule has 0 radical (unpaired) electrons. The van der Waals surface area contributed by atoms with Crippen molar-refractivity contribution in [1.29, 1.82) is 0 Å². The summed E-state index contributed by atoms with van der Waals surface area (Å²) >= 11 is 4.76. The van der Waals surface area contributed by atoms with Gasteiger partial charge in [-0.15, -0.1) is 0 Å². The molecular weight excluding hydrogens is 272 g/mol. The van der Waals surface area contributed by atoms with Gasteiger partial charge in [-0.1, -0.05) is 23.9 Å². The number of para-hydroxylation sites is 2. The number of fused-ring (bicyclic) bond motifs is 1. The highest BCUT2D eigenvalue weighted by atomic mass is 32.2. The summed E-state index contributed by atoms with van der Waals surface area (Å²) < 4.78 is 2.88. The quantitative estimate of drug-likeness (QED) is 0.592. The minimum atomic E-state index is 0.856. The summed E-state index contributed by atoms with van der Waals surface area (Å²) in [5.74, 6) is 0.